The van der Waals surface area contributed by atoms with Crippen LogP contribution >= 0.6 is 0 Å². The number of hydrogen-bond acceptors (Lipinski definition) is 4. The van der Waals surface area contributed by atoms with Crippen molar-refractivity contribution in [2.24, 2.45) is 11.7 Å². The molecule has 1 saturated heterocycles. The highest BCUT2D eigenvalue weighted by Gasteiger charge is 2.26. The smallest absolute Gasteiger partial charge is 0.405 e. The lowest BCUT2D eigenvalue weighted by Gasteiger charge is -2.36. The summed E-state index contributed by atoms with van der Waals surface area (Å²) in [5.74, 6) is 0.543. The maximum atomic E-state index is 11.3. The summed E-state index contributed by atoms with van der Waals surface area (Å²) in [4.78, 5) is 26.3. The van der Waals surface area contributed by atoms with Gasteiger partial charge < -0.3 is 15.4 Å². The van der Waals surface area contributed by atoms with Crippen LogP contribution in [0.3, 0.4) is 0 Å². The average molecular weight is 285 g/mol. The zero-order valence-electron chi connectivity index (χ0n) is 13.0. The number of carbonyl (C=O) groups excluding carboxylic acids is 2. The van der Waals surface area contributed by atoms with E-state index in [0.717, 1.165) is 39.1 Å². The van der Waals surface area contributed by atoms with Crippen LogP contribution in [0.5, 0.6) is 0 Å². The Morgan fingerprint density at radius 3 is 2.25 bits per heavy atom. The van der Waals surface area contributed by atoms with Crippen molar-refractivity contribution in [2.75, 3.05) is 32.7 Å². The van der Waals surface area contributed by atoms with E-state index in [1.165, 1.54) is 0 Å². The van der Waals surface area contributed by atoms with Gasteiger partial charge in [-0.25, -0.2) is 4.79 Å². The molecule has 0 aromatic rings. The van der Waals surface area contributed by atoms with Gasteiger partial charge in [0.05, 0.1) is 0 Å². The van der Waals surface area contributed by atoms with Gasteiger partial charge in [0, 0.05) is 39.6 Å². The summed E-state index contributed by atoms with van der Waals surface area (Å²) in [6.07, 6.45) is 0.0420. The average Bonchev–Trinajstić information content (AvgIpc) is 2.26. The summed E-state index contributed by atoms with van der Waals surface area (Å²) >= 11 is 0. The van der Waals surface area contributed by atoms with Gasteiger partial charge in [0.25, 0.3) is 0 Å². The summed E-state index contributed by atoms with van der Waals surface area (Å²) < 4.78 is 5.11. The monoisotopic (exact) mass is 285 g/mol. The lowest BCUT2D eigenvalue weighted by Crippen LogP contribution is -2.49. The molecule has 0 saturated carbocycles. The Labute approximate surface area is 121 Å². The molecule has 6 nitrogen and oxygen atoms in total. The van der Waals surface area contributed by atoms with Crippen molar-refractivity contribution in [1.82, 2.24) is 9.80 Å². The molecule has 0 aromatic heterocycles. The minimum atomic E-state index is -0.725. The maximum Gasteiger partial charge on any atom is 0.405 e. The topological polar surface area (TPSA) is 75.9 Å². The molecule has 1 rings (SSSR count). The third-order valence-corrected chi connectivity index (χ3v) is 3.60. The highest BCUT2D eigenvalue weighted by atomic mass is 16.6. The SMILES string of the molecule is CC(=O)N1CCN(CC(C)CC(C)(C)OC(N)=O)CC1. The molecule has 1 heterocycles. The van der Waals surface area contributed by atoms with E-state index < -0.39 is 11.7 Å². The van der Waals surface area contributed by atoms with E-state index in [1.807, 2.05) is 18.7 Å². The fraction of sp³-hybridized carbons (Fsp3) is 0.857. The van der Waals surface area contributed by atoms with Gasteiger partial charge >= 0.3 is 6.09 Å². The van der Waals surface area contributed by atoms with E-state index in [1.54, 1.807) is 6.92 Å². The molecule has 20 heavy (non-hydrogen) atoms. The molecule has 116 valence electrons. The number of nitrogens with zero attached hydrogens (tertiary/aromatic N) is 2. The first kappa shape index (κ1) is 16.8. The van der Waals surface area contributed by atoms with Gasteiger partial charge in [-0.1, -0.05) is 6.92 Å². The van der Waals surface area contributed by atoms with Crippen LogP contribution < -0.4 is 5.73 Å². The summed E-state index contributed by atoms with van der Waals surface area (Å²) in [7, 11) is 0. The third kappa shape index (κ3) is 5.77. The number of primary amides is 1. The summed E-state index contributed by atoms with van der Waals surface area (Å²) in [6, 6.07) is 0. The van der Waals surface area contributed by atoms with E-state index in [2.05, 4.69) is 11.8 Å². The Morgan fingerprint density at radius 2 is 1.80 bits per heavy atom. The molecule has 1 aliphatic rings. The quantitative estimate of drug-likeness (QED) is 0.819. The van der Waals surface area contributed by atoms with Gasteiger partial charge in [-0.2, -0.15) is 0 Å². The van der Waals surface area contributed by atoms with Crippen molar-refractivity contribution in [3.63, 3.8) is 0 Å². The molecule has 2 amide bonds. The number of carbonyl (C=O) groups is 2. The van der Waals surface area contributed by atoms with Crippen LogP contribution in [-0.2, 0) is 9.53 Å². The molecule has 2 N–H and O–H groups in total. The first-order valence-electron chi connectivity index (χ1n) is 7.16. The Hall–Kier alpha value is -1.30. The fourth-order valence-electron chi connectivity index (χ4n) is 2.90. The van der Waals surface area contributed by atoms with Crippen LogP contribution in [0.25, 0.3) is 0 Å². The second kappa shape index (κ2) is 6.92. The number of piperazine rings is 1. The number of rotatable bonds is 5. The molecule has 1 unspecified atom stereocenters. The standard InChI is InChI=1S/C14H27N3O3/c1-11(9-14(3,4)20-13(15)19)10-16-5-7-17(8-6-16)12(2)18/h11H,5-10H2,1-4H3,(H2,15,19). The van der Waals surface area contributed by atoms with E-state index in [9.17, 15) is 9.59 Å². The number of hydrogen-bond donors (Lipinski definition) is 1. The first-order chi connectivity index (χ1) is 9.19. The van der Waals surface area contributed by atoms with Gasteiger partial charge in [0.1, 0.15) is 5.60 Å². The second-order valence-corrected chi connectivity index (χ2v) is 6.30. The van der Waals surface area contributed by atoms with E-state index in [-0.39, 0.29) is 5.91 Å². The molecule has 1 atom stereocenters. The molecular weight excluding hydrogens is 258 g/mol. The molecule has 0 spiro atoms. The number of ether oxygens (including phenoxy) is 1. The van der Waals surface area contributed by atoms with Crippen molar-refractivity contribution in [3.8, 4) is 0 Å². The molecule has 1 fully saturated rings. The van der Waals surface area contributed by atoms with Gasteiger partial charge in [-0.05, 0) is 26.2 Å². The zero-order valence-corrected chi connectivity index (χ0v) is 13.0. The molecule has 6 heteroatoms. The Bertz CT molecular complexity index is 350. The van der Waals surface area contributed by atoms with Crippen LogP contribution in [-0.4, -0.2) is 60.1 Å². The van der Waals surface area contributed by atoms with Crippen LogP contribution in [0, 0.1) is 5.92 Å². The first-order valence-corrected chi connectivity index (χ1v) is 7.16. The predicted molar refractivity (Wildman–Crippen MR) is 77.2 cm³/mol. The molecule has 0 aromatic carbocycles. The summed E-state index contributed by atoms with van der Waals surface area (Å²) in [5, 5.41) is 0. The van der Waals surface area contributed by atoms with Gasteiger partial charge in [0.2, 0.25) is 5.91 Å². The van der Waals surface area contributed by atoms with Crippen molar-refractivity contribution >= 4 is 12.0 Å². The molecule has 1 aliphatic heterocycles. The van der Waals surface area contributed by atoms with Crippen molar-refractivity contribution in [3.05, 3.63) is 0 Å². The van der Waals surface area contributed by atoms with Crippen molar-refractivity contribution in [2.45, 2.75) is 39.7 Å². The summed E-state index contributed by atoms with van der Waals surface area (Å²) in [6.45, 7) is 11.8. The minimum absolute atomic E-state index is 0.147. The minimum Gasteiger partial charge on any atom is -0.444 e. The molecular formula is C14H27N3O3. The lowest BCUT2D eigenvalue weighted by atomic mass is 9.94. The van der Waals surface area contributed by atoms with E-state index in [0.29, 0.717) is 5.92 Å². The summed E-state index contributed by atoms with van der Waals surface area (Å²) in [5.41, 5.74) is 4.54. The van der Waals surface area contributed by atoms with Crippen LogP contribution in [0.1, 0.15) is 34.1 Å². The Morgan fingerprint density at radius 1 is 1.25 bits per heavy atom. The van der Waals surface area contributed by atoms with E-state index in [4.69, 9.17) is 10.5 Å². The Kier molecular flexibility index (Phi) is 5.80. The normalized spacial score (nSPS) is 18.7. The van der Waals surface area contributed by atoms with Crippen LogP contribution in [0.2, 0.25) is 0 Å². The lowest BCUT2D eigenvalue weighted by molar-refractivity contribution is -0.130. The molecule has 0 aliphatic carbocycles. The highest BCUT2D eigenvalue weighted by molar-refractivity contribution is 5.73. The fourth-order valence-corrected chi connectivity index (χ4v) is 2.90. The largest absolute Gasteiger partial charge is 0.444 e. The number of nitrogens with two attached hydrogens (primary N) is 1. The highest BCUT2D eigenvalue weighted by Crippen LogP contribution is 2.21. The molecule has 0 radical (unpaired) electrons. The van der Waals surface area contributed by atoms with Crippen LogP contribution in [0.4, 0.5) is 4.79 Å². The van der Waals surface area contributed by atoms with Gasteiger partial charge in [-0.15, -0.1) is 0 Å². The second-order valence-electron chi connectivity index (χ2n) is 6.30. The number of amides is 2. The van der Waals surface area contributed by atoms with Crippen molar-refractivity contribution < 1.29 is 14.3 Å². The van der Waals surface area contributed by atoms with Crippen molar-refractivity contribution in [1.29, 1.82) is 0 Å². The zero-order chi connectivity index (χ0) is 15.3. The molecule has 0 bridgehead atoms. The van der Waals surface area contributed by atoms with Gasteiger partial charge in [0.15, 0.2) is 0 Å². The van der Waals surface area contributed by atoms with E-state index >= 15 is 0 Å². The Balaban J connectivity index is 2.35. The third-order valence-electron chi connectivity index (χ3n) is 3.60. The van der Waals surface area contributed by atoms with Crippen LogP contribution in [0.15, 0.2) is 0 Å². The predicted octanol–water partition coefficient (Wildman–Crippen LogP) is 1.05. The maximum absolute atomic E-state index is 11.3. The van der Waals surface area contributed by atoms with Gasteiger partial charge in [-0.3, -0.25) is 9.69 Å².